The molecule has 0 spiro atoms. The van der Waals surface area contributed by atoms with E-state index in [1.165, 1.54) is 0 Å². The normalized spacial score (nSPS) is 13.4. The van der Waals surface area contributed by atoms with Crippen molar-refractivity contribution in [2.24, 2.45) is 5.73 Å². The van der Waals surface area contributed by atoms with Gasteiger partial charge in [-0.25, -0.2) is 9.97 Å². The van der Waals surface area contributed by atoms with Crippen molar-refractivity contribution < 1.29 is 5.11 Å². The first-order valence-corrected chi connectivity index (χ1v) is 4.89. The van der Waals surface area contributed by atoms with Crippen molar-refractivity contribution >= 4 is 21.6 Å². The quantitative estimate of drug-likeness (QED) is 0.820. The minimum atomic E-state index is -0.746. The molecule has 2 aromatic rings. The number of halogens is 1. The number of nitrogens with zero attached hydrogens (tertiary/aromatic N) is 3. The third kappa shape index (κ3) is 1.41. The molecule has 0 saturated heterocycles. The number of hydrogen-bond donors (Lipinski definition) is 2. The number of aliphatic hydroxyl groups is 1. The zero-order valence-corrected chi connectivity index (χ0v) is 8.85. The van der Waals surface area contributed by atoms with Crippen molar-refractivity contribution in [3.8, 4) is 0 Å². The van der Waals surface area contributed by atoms with Gasteiger partial charge >= 0.3 is 0 Å². The van der Waals surface area contributed by atoms with E-state index in [4.69, 9.17) is 5.73 Å². The fraction of sp³-hybridized carbons (Fsp3) is 0.250. The molecule has 1 unspecified atom stereocenters. The summed E-state index contributed by atoms with van der Waals surface area (Å²) in [5.74, 6) is 0. The molecule has 3 N–H and O–H groups in total. The van der Waals surface area contributed by atoms with Crippen LogP contribution in [0.15, 0.2) is 23.2 Å². The molecule has 0 bridgehead atoms. The molecule has 1 atom stereocenters. The molecular formula is C8H9BrN4O. The van der Waals surface area contributed by atoms with E-state index in [0.29, 0.717) is 10.3 Å². The zero-order valence-electron chi connectivity index (χ0n) is 7.26. The number of nitrogens with two attached hydrogens (primary N) is 1. The van der Waals surface area contributed by atoms with Gasteiger partial charge in [0.15, 0.2) is 0 Å². The number of aliphatic hydroxyl groups excluding tert-OH is 1. The van der Waals surface area contributed by atoms with E-state index < -0.39 is 6.10 Å². The number of hydrogen-bond acceptors (Lipinski definition) is 4. The summed E-state index contributed by atoms with van der Waals surface area (Å²) in [6, 6.07) is 1.76. The highest BCUT2D eigenvalue weighted by Gasteiger charge is 2.15. The first kappa shape index (κ1) is 9.57. The molecule has 0 aliphatic heterocycles. The van der Waals surface area contributed by atoms with Crippen LogP contribution in [0.3, 0.4) is 0 Å². The Morgan fingerprint density at radius 3 is 3.07 bits per heavy atom. The summed E-state index contributed by atoms with van der Waals surface area (Å²) in [5, 5.41) is 9.56. The topological polar surface area (TPSA) is 76.4 Å². The van der Waals surface area contributed by atoms with Crippen LogP contribution in [0.5, 0.6) is 0 Å². The molecule has 0 radical (unpaired) electrons. The Labute approximate surface area is 88.7 Å². The Morgan fingerprint density at radius 2 is 2.43 bits per heavy atom. The number of fused-ring (bicyclic) bond motifs is 1. The van der Waals surface area contributed by atoms with Crippen LogP contribution in [0.2, 0.25) is 0 Å². The molecular weight excluding hydrogens is 248 g/mol. The summed E-state index contributed by atoms with van der Waals surface area (Å²) < 4.78 is 2.44. The van der Waals surface area contributed by atoms with Gasteiger partial charge in [-0.3, -0.25) is 4.40 Å². The lowest BCUT2D eigenvalue weighted by atomic mass is 10.3. The molecule has 0 amide bonds. The van der Waals surface area contributed by atoms with Gasteiger partial charge in [0.25, 0.3) is 0 Å². The van der Waals surface area contributed by atoms with E-state index in [2.05, 4.69) is 25.9 Å². The Morgan fingerprint density at radius 1 is 1.64 bits per heavy atom. The van der Waals surface area contributed by atoms with Crippen LogP contribution in [-0.2, 0) is 0 Å². The number of imidazole rings is 1. The van der Waals surface area contributed by atoms with Gasteiger partial charge in [-0.05, 0) is 22.0 Å². The number of aromatic nitrogens is 3. The Balaban J connectivity index is 2.62. The molecule has 0 aromatic carbocycles. The molecule has 74 valence electrons. The molecule has 2 aromatic heterocycles. The monoisotopic (exact) mass is 256 g/mol. The molecule has 6 heteroatoms. The average molecular weight is 257 g/mol. The van der Waals surface area contributed by atoms with Gasteiger partial charge in [0.2, 0.25) is 0 Å². The molecule has 0 aliphatic carbocycles. The van der Waals surface area contributed by atoms with Crippen molar-refractivity contribution in [3.63, 3.8) is 0 Å². The third-order valence-electron chi connectivity index (χ3n) is 1.94. The molecule has 2 rings (SSSR count). The second kappa shape index (κ2) is 3.64. The molecule has 5 nitrogen and oxygen atoms in total. The summed E-state index contributed by atoms with van der Waals surface area (Å²) in [7, 11) is 0. The SMILES string of the molecule is NCC(O)c1nc2ccncn2c1Br. The van der Waals surface area contributed by atoms with Gasteiger partial charge in [0, 0.05) is 12.7 Å². The minimum Gasteiger partial charge on any atom is -0.385 e. The first-order valence-electron chi connectivity index (χ1n) is 4.09. The average Bonchev–Trinajstić information content (AvgIpc) is 2.56. The van der Waals surface area contributed by atoms with Crippen LogP contribution in [0.25, 0.3) is 5.65 Å². The van der Waals surface area contributed by atoms with Crippen LogP contribution in [-0.4, -0.2) is 26.0 Å². The van der Waals surface area contributed by atoms with E-state index in [9.17, 15) is 5.11 Å². The maximum absolute atomic E-state index is 9.56. The van der Waals surface area contributed by atoms with Crippen molar-refractivity contribution in [3.05, 3.63) is 28.9 Å². The van der Waals surface area contributed by atoms with E-state index in [1.807, 2.05) is 0 Å². The second-order valence-electron chi connectivity index (χ2n) is 2.85. The van der Waals surface area contributed by atoms with Crippen LogP contribution in [0.4, 0.5) is 0 Å². The second-order valence-corrected chi connectivity index (χ2v) is 3.60. The standard InChI is InChI=1S/C8H9BrN4O/c9-8-7(5(14)3-10)12-6-1-2-11-4-13(6)8/h1-2,4-5,14H,3,10H2. The van der Waals surface area contributed by atoms with Crippen LogP contribution in [0.1, 0.15) is 11.8 Å². The van der Waals surface area contributed by atoms with E-state index >= 15 is 0 Å². The predicted octanol–water partition coefficient (Wildman–Crippen LogP) is 0.484. The maximum atomic E-state index is 9.56. The highest BCUT2D eigenvalue weighted by molar-refractivity contribution is 9.10. The molecule has 0 fully saturated rings. The van der Waals surface area contributed by atoms with Gasteiger partial charge < -0.3 is 10.8 Å². The summed E-state index contributed by atoms with van der Waals surface area (Å²) in [5.41, 5.74) is 6.63. The fourth-order valence-corrected chi connectivity index (χ4v) is 1.84. The van der Waals surface area contributed by atoms with E-state index in [0.717, 1.165) is 5.65 Å². The van der Waals surface area contributed by atoms with Crippen molar-refractivity contribution in [1.29, 1.82) is 0 Å². The van der Waals surface area contributed by atoms with Crippen molar-refractivity contribution in [1.82, 2.24) is 14.4 Å². The van der Waals surface area contributed by atoms with Gasteiger partial charge in [-0.1, -0.05) is 0 Å². The van der Waals surface area contributed by atoms with Gasteiger partial charge in [0.05, 0.1) is 0 Å². The molecule has 0 saturated carbocycles. The van der Waals surface area contributed by atoms with Crippen molar-refractivity contribution in [2.45, 2.75) is 6.10 Å². The molecule has 2 heterocycles. The highest BCUT2D eigenvalue weighted by atomic mass is 79.9. The molecule has 14 heavy (non-hydrogen) atoms. The lowest BCUT2D eigenvalue weighted by molar-refractivity contribution is 0.181. The van der Waals surface area contributed by atoms with Crippen LogP contribution < -0.4 is 5.73 Å². The van der Waals surface area contributed by atoms with Crippen LogP contribution >= 0.6 is 15.9 Å². The van der Waals surface area contributed by atoms with Gasteiger partial charge in [-0.2, -0.15) is 0 Å². The predicted molar refractivity (Wildman–Crippen MR) is 54.7 cm³/mol. The first-order chi connectivity index (χ1) is 6.74. The highest BCUT2D eigenvalue weighted by Crippen LogP contribution is 2.23. The van der Waals surface area contributed by atoms with Crippen molar-refractivity contribution in [2.75, 3.05) is 6.54 Å². The van der Waals surface area contributed by atoms with Gasteiger partial charge in [-0.15, -0.1) is 0 Å². The summed E-state index contributed by atoms with van der Waals surface area (Å²) in [6.45, 7) is 0.149. The lowest BCUT2D eigenvalue weighted by Gasteiger charge is -2.03. The fourth-order valence-electron chi connectivity index (χ4n) is 1.21. The third-order valence-corrected chi connectivity index (χ3v) is 2.72. The Bertz CT molecular complexity index is 456. The van der Waals surface area contributed by atoms with E-state index in [1.54, 1.807) is 23.0 Å². The lowest BCUT2D eigenvalue weighted by Crippen LogP contribution is -2.12. The van der Waals surface area contributed by atoms with E-state index in [-0.39, 0.29) is 6.54 Å². The smallest absolute Gasteiger partial charge is 0.140 e. The van der Waals surface area contributed by atoms with Gasteiger partial charge in [0.1, 0.15) is 28.4 Å². The summed E-state index contributed by atoms with van der Waals surface area (Å²) in [6.07, 6.45) is 2.52. The Hall–Kier alpha value is -0.980. The summed E-state index contributed by atoms with van der Waals surface area (Å²) >= 11 is 3.34. The zero-order chi connectivity index (χ0) is 10.1. The van der Waals surface area contributed by atoms with Crippen LogP contribution in [0, 0.1) is 0 Å². The maximum Gasteiger partial charge on any atom is 0.140 e. The largest absolute Gasteiger partial charge is 0.385 e. The Kier molecular flexibility index (Phi) is 2.49. The minimum absolute atomic E-state index is 0.149. The molecule has 0 aliphatic rings. The number of rotatable bonds is 2. The summed E-state index contributed by atoms with van der Waals surface area (Å²) in [4.78, 5) is 8.18.